The number of hydrogen-bond acceptors (Lipinski definition) is 20. The van der Waals surface area contributed by atoms with Crippen LogP contribution in [0.25, 0.3) is 0 Å². The molecule has 2 atom stereocenters. The van der Waals surface area contributed by atoms with Crippen LogP contribution in [-0.4, -0.2) is 211 Å². The molecule has 498 valence electrons. The summed E-state index contributed by atoms with van der Waals surface area (Å²) in [5.74, 6) is -5.59. The van der Waals surface area contributed by atoms with Crippen LogP contribution in [0, 0.1) is 0 Å². The van der Waals surface area contributed by atoms with Crippen LogP contribution < -0.4 is 26.6 Å². The molecule has 1 fully saturated rings. The van der Waals surface area contributed by atoms with Gasteiger partial charge in [0, 0.05) is 71.0 Å². The third-order valence-corrected chi connectivity index (χ3v) is 12.6. The van der Waals surface area contributed by atoms with Gasteiger partial charge in [-0.15, -0.1) is 0 Å². The van der Waals surface area contributed by atoms with E-state index in [0.29, 0.717) is 70.8 Å². The van der Waals surface area contributed by atoms with E-state index in [4.69, 9.17) is 28.4 Å². The van der Waals surface area contributed by atoms with Crippen LogP contribution in [0.15, 0.2) is 54.6 Å². The lowest BCUT2D eigenvalue weighted by atomic mass is 10.1. The van der Waals surface area contributed by atoms with Crippen molar-refractivity contribution in [2.24, 2.45) is 0 Å². The highest BCUT2D eigenvalue weighted by Gasteiger charge is 2.31. The fourth-order valence-corrected chi connectivity index (χ4v) is 8.76. The molecule has 5 N–H and O–H groups in total. The summed E-state index contributed by atoms with van der Waals surface area (Å²) in [6.07, 6.45) is -0.282. The SMILES string of the molecule is CC(C)(C)OC(=O)C[C@H](NC(=O)c1cccc(CNC(=O)CN2CCN(CC(=O)OC(C)(C)C)CCN(CC(=O)OC(C)(C)C)CCN(CC(=O)OC(C)(C)C)CC2)c1)C(=O)NCC(=O)N[C@@H](CCCCNC(=O)OCc1ccccc1)C(=O)OC(C)(C)C. The van der Waals surface area contributed by atoms with Crippen molar-refractivity contribution in [2.75, 3.05) is 91.6 Å². The number of nitrogens with zero attached hydrogens (tertiary/aromatic N) is 4. The Morgan fingerprint density at radius 1 is 0.461 bits per heavy atom. The van der Waals surface area contributed by atoms with Crippen molar-refractivity contribution < 1.29 is 76.4 Å². The molecule has 1 aliphatic heterocycles. The van der Waals surface area contributed by atoms with Gasteiger partial charge < -0.3 is 55.0 Å². The largest absolute Gasteiger partial charge is 0.460 e. The second kappa shape index (κ2) is 35.8. The molecule has 1 saturated heterocycles. The molecule has 5 amide bonds. The normalized spacial score (nSPS) is 15.3. The molecule has 2 aromatic rings. The van der Waals surface area contributed by atoms with Crippen LogP contribution in [0.3, 0.4) is 0 Å². The second-order valence-corrected chi connectivity index (χ2v) is 27.0. The van der Waals surface area contributed by atoms with Gasteiger partial charge in [-0.1, -0.05) is 42.5 Å². The smallest absolute Gasteiger partial charge is 0.407 e. The van der Waals surface area contributed by atoms with Gasteiger partial charge in [0.25, 0.3) is 5.91 Å². The molecule has 3 rings (SSSR count). The van der Waals surface area contributed by atoms with Crippen LogP contribution in [0.4, 0.5) is 4.79 Å². The first-order valence-corrected chi connectivity index (χ1v) is 30.5. The third-order valence-electron chi connectivity index (χ3n) is 12.6. The van der Waals surface area contributed by atoms with E-state index in [2.05, 4.69) is 26.6 Å². The minimum atomic E-state index is -1.53. The quantitative estimate of drug-likeness (QED) is 0.0495. The van der Waals surface area contributed by atoms with Crippen LogP contribution in [0.1, 0.15) is 151 Å². The zero-order valence-electron chi connectivity index (χ0n) is 55.3. The Kier molecular flexibility index (Phi) is 30.6. The van der Waals surface area contributed by atoms with E-state index in [0.717, 1.165) is 5.56 Å². The van der Waals surface area contributed by atoms with E-state index >= 15 is 0 Å². The number of amides is 5. The summed E-state index contributed by atoms with van der Waals surface area (Å²) in [6, 6.07) is 12.8. The highest BCUT2D eigenvalue weighted by Crippen LogP contribution is 2.16. The molecule has 0 saturated carbocycles. The standard InChI is InChI=1S/C64H101N9O16/c1-60(2,3)85-52(76)37-49(57(81)67-39-50(74)68-48(58(82)89-64(13,14)15)26-19-20-27-65-59(83)84-44-45-22-17-16-18-23-45)69-56(80)47-25-21-24-46(36-47)38-66-51(75)40-70-28-30-71(41-53(77)86-61(4,5)6)32-34-73(43-55(79)88-63(10,11)12)35-33-72(31-29-70)42-54(78)87-62(7,8)9/h16-18,21-25,36,48-49H,19-20,26-35,37-44H2,1-15H3,(H,65,83)(H,66,75)(H,67,81)(H,68,74)(H,69,80)/t48-,49-/m0/s1. The zero-order chi connectivity index (χ0) is 66.8. The second-order valence-electron chi connectivity index (χ2n) is 27.0. The van der Waals surface area contributed by atoms with Crippen LogP contribution in [0.5, 0.6) is 0 Å². The van der Waals surface area contributed by atoms with Gasteiger partial charge in [0.05, 0.1) is 39.1 Å². The molecule has 1 aliphatic rings. The number of unbranched alkanes of at least 4 members (excludes halogenated alkanes) is 1. The number of benzene rings is 2. The van der Waals surface area contributed by atoms with Gasteiger partial charge in [-0.2, -0.15) is 0 Å². The summed E-state index contributed by atoms with van der Waals surface area (Å²) in [5, 5.41) is 13.2. The van der Waals surface area contributed by atoms with E-state index in [1.807, 2.05) is 49.9 Å². The minimum absolute atomic E-state index is 0.0151. The van der Waals surface area contributed by atoms with E-state index < -0.39 is 107 Å². The number of carbonyl (C=O) groups excluding carboxylic acids is 10. The number of rotatable bonds is 26. The molecule has 0 radical (unpaired) electrons. The highest BCUT2D eigenvalue weighted by molar-refractivity contribution is 5.99. The number of carbonyl (C=O) groups is 10. The van der Waals surface area contributed by atoms with Gasteiger partial charge in [0.1, 0.15) is 46.7 Å². The average Bonchev–Trinajstić information content (AvgIpc) is 2.19. The predicted molar refractivity (Wildman–Crippen MR) is 333 cm³/mol. The summed E-state index contributed by atoms with van der Waals surface area (Å²) in [5.41, 5.74) is -2.57. The first kappa shape index (κ1) is 76.0. The molecule has 1 heterocycles. The topological polar surface area (TPSA) is 299 Å². The number of hydrogen-bond donors (Lipinski definition) is 5. The van der Waals surface area contributed by atoms with E-state index in [1.165, 1.54) is 12.1 Å². The Balaban J connectivity index is 1.74. The number of nitrogens with one attached hydrogen (secondary N) is 5. The van der Waals surface area contributed by atoms with Gasteiger partial charge >= 0.3 is 35.9 Å². The van der Waals surface area contributed by atoms with Gasteiger partial charge in [-0.3, -0.25) is 58.0 Å². The molecule has 25 heteroatoms. The minimum Gasteiger partial charge on any atom is -0.460 e. The Bertz CT molecular complexity index is 2610. The lowest BCUT2D eigenvalue weighted by Gasteiger charge is -2.34. The lowest BCUT2D eigenvalue weighted by molar-refractivity contribution is -0.159. The summed E-state index contributed by atoms with van der Waals surface area (Å²) in [6.45, 7) is 28.3. The van der Waals surface area contributed by atoms with Crippen molar-refractivity contribution in [1.29, 1.82) is 0 Å². The molecular weight excluding hydrogens is 1150 g/mol. The number of ether oxygens (including phenoxy) is 6. The maximum Gasteiger partial charge on any atom is 0.407 e. The van der Waals surface area contributed by atoms with E-state index in [-0.39, 0.29) is 63.8 Å². The monoisotopic (exact) mass is 1250 g/mol. The Morgan fingerprint density at radius 3 is 1.38 bits per heavy atom. The Morgan fingerprint density at radius 2 is 0.910 bits per heavy atom. The van der Waals surface area contributed by atoms with Crippen molar-refractivity contribution in [3.8, 4) is 0 Å². The Hall–Kier alpha value is -7.22. The first-order chi connectivity index (χ1) is 41.3. The van der Waals surface area contributed by atoms with Crippen molar-refractivity contribution in [2.45, 2.75) is 183 Å². The maximum atomic E-state index is 13.9. The summed E-state index contributed by atoms with van der Waals surface area (Å²) >= 11 is 0. The van der Waals surface area contributed by atoms with Crippen LogP contribution in [-0.2, 0) is 79.9 Å². The summed E-state index contributed by atoms with van der Waals surface area (Å²) in [7, 11) is 0. The van der Waals surface area contributed by atoms with Gasteiger partial charge in [-0.05, 0) is 146 Å². The van der Waals surface area contributed by atoms with Gasteiger partial charge in [0.15, 0.2) is 0 Å². The molecule has 0 aromatic heterocycles. The molecule has 89 heavy (non-hydrogen) atoms. The lowest BCUT2D eigenvalue weighted by Crippen LogP contribution is -2.52. The molecule has 0 spiro atoms. The van der Waals surface area contributed by atoms with Crippen LogP contribution in [0.2, 0.25) is 0 Å². The summed E-state index contributed by atoms with van der Waals surface area (Å²) in [4.78, 5) is 141. The molecule has 0 aliphatic carbocycles. The highest BCUT2D eigenvalue weighted by atomic mass is 16.6. The van der Waals surface area contributed by atoms with Crippen LogP contribution >= 0.6 is 0 Å². The zero-order valence-corrected chi connectivity index (χ0v) is 55.3. The third kappa shape index (κ3) is 35.5. The average molecular weight is 1250 g/mol. The maximum absolute atomic E-state index is 13.9. The van der Waals surface area contributed by atoms with Crippen molar-refractivity contribution in [3.05, 3.63) is 71.3 Å². The Labute approximate surface area is 526 Å². The van der Waals surface area contributed by atoms with Crippen molar-refractivity contribution in [3.63, 3.8) is 0 Å². The molecule has 0 unspecified atom stereocenters. The van der Waals surface area contributed by atoms with Gasteiger partial charge in [-0.25, -0.2) is 9.59 Å². The molecule has 25 nitrogen and oxygen atoms in total. The molecule has 2 aromatic carbocycles. The molecular formula is C64H101N9O16. The fraction of sp³-hybridized carbons (Fsp3) is 0.656. The first-order valence-electron chi connectivity index (χ1n) is 30.5. The predicted octanol–water partition coefficient (Wildman–Crippen LogP) is 4.42. The van der Waals surface area contributed by atoms with Crippen molar-refractivity contribution >= 4 is 59.6 Å². The van der Waals surface area contributed by atoms with Gasteiger partial charge in [0.2, 0.25) is 17.7 Å². The van der Waals surface area contributed by atoms with E-state index in [1.54, 1.807) is 116 Å². The van der Waals surface area contributed by atoms with E-state index in [9.17, 15) is 47.9 Å². The van der Waals surface area contributed by atoms with Crippen molar-refractivity contribution in [1.82, 2.24) is 46.2 Å². The summed E-state index contributed by atoms with van der Waals surface area (Å²) < 4.78 is 33.3. The number of alkyl carbamates (subject to hydrolysis) is 1. The molecule has 0 bridgehead atoms. The number of esters is 5. The fourth-order valence-electron chi connectivity index (χ4n) is 8.76.